The van der Waals surface area contributed by atoms with Crippen LogP contribution < -0.4 is 5.32 Å². The van der Waals surface area contributed by atoms with Gasteiger partial charge >= 0.3 is 0 Å². The summed E-state index contributed by atoms with van der Waals surface area (Å²) < 4.78 is 0. The number of nitrogens with one attached hydrogen (secondary N) is 1. The Labute approximate surface area is 109 Å². The maximum absolute atomic E-state index is 3.63. The van der Waals surface area contributed by atoms with Gasteiger partial charge < -0.3 is 5.32 Å². The van der Waals surface area contributed by atoms with Crippen LogP contribution >= 0.6 is 0 Å². The van der Waals surface area contributed by atoms with Crippen molar-refractivity contribution in [3.8, 4) is 0 Å². The van der Waals surface area contributed by atoms with E-state index in [9.17, 15) is 0 Å². The van der Waals surface area contributed by atoms with Crippen molar-refractivity contribution in [2.75, 3.05) is 6.54 Å². The SMILES string of the molecule is CC(C)NCC(CCC1CCCC1)C(C)(C)C. The van der Waals surface area contributed by atoms with E-state index >= 15 is 0 Å². The van der Waals surface area contributed by atoms with Crippen LogP contribution in [0.4, 0.5) is 0 Å². The first-order valence-corrected chi connectivity index (χ1v) is 7.63. The van der Waals surface area contributed by atoms with Crippen molar-refractivity contribution in [1.82, 2.24) is 5.32 Å². The molecule has 1 N–H and O–H groups in total. The lowest BCUT2D eigenvalue weighted by Gasteiger charge is -2.32. The standard InChI is InChI=1S/C16H33N/c1-13(2)17-12-15(16(3,4)5)11-10-14-8-6-7-9-14/h13-15,17H,6-12H2,1-5H3. The summed E-state index contributed by atoms with van der Waals surface area (Å²) in [6, 6.07) is 0.617. The molecule has 1 aliphatic carbocycles. The smallest absolute Gasteiger partial charge is 0.00104 e. The molecule has 1 rings (SSSR count). The third kappa shape index (κ3) is 5.90. The Morgan fingerprint density at radius 2 is 1.71 bits per heavy atom. The predicted octanol–water partition coefficient (Wildman–Crippen LogP) is 4.62. The summed E-state index contributed by atoms with van der Waals surface area (Å²) >= 11 is 0. The van der Waals surface area contributed by atoms with E-state index in [1.54, 1.807) is 0 Å². The molecule has 102 valence electrons. The lowest BCUT2D eigenvalue weighted by Crippen LogP contribution is -2.35. The summed E-state index contributed by atoms with van der Waals surface area (Å²) in [5.74, 6) is 1.87. The number of hydrogen-bond acceptors (Lipinski definition) is 1. The summed E-state index contributed by atoms with van der Waals surface area (Å²) in [5.41, 5.74) is 0.445. The van der Waals surface area contributed by atoms with Gasteiger partial charge in [0.25, 0.3) is 0 Å². The molecule has 0 amide bonds. The van der Waals surface area contributed by atoms with Crippen LogP contribution in [0.1, 0.15) is 73.1 Å². The summed E-state index contributed by atoms with van der Waals surface area (Å²) in [6.07, 6.45) is 8.82. The van der Waals surface area contributed by atoms with Crippen LogP contribution in [0.3, 0.4) is 0 Å². The van der Waals surface area contributed by atoms with Gasteiger partial charge in [-0.2, -0.15) is 0 Å². The van der Waals surface area contributed by atoms with E-state index in [0.717, 1.165) is 11.8 Å². The van der Waals surface area contributed by atoms with Crippen LogP contribution in [-0.4, -0.2) is 12.6 Å². The fourth-order valence-corrected chi connectivity index (χ4v) is 2.96. The van der Waals surface area contributed by atoms with Crippen molar-refractivity contribution >= 4 is 0 Å². The molecule has 1 aliphatic rings. The third-order valence-electron chi connectivity index (χ3n) is 4.40. The molecule has 0 saturated heterocycles. The third-order valence-corrected chi connectivity index (χ3v) is 4.40. The molecule has 1 nitrogen and oxygen atoms in total. The van der Waals surface area contributed by atoms with Crippen molar-refractivity contribution in [1.29, 1.82) is 0 Å². The van der Waals surface area contributed by atoms with Crippen LogP contribution in [0.25, 0.3) is 0 Å². The van der Waals surface area contributed by atoms with Gasteiger partial charge in [0, 0.05) is 6.04 Å². The Bertz CT molecular complexity index is 196. The van der Waals surface area contributed by atoms with Gasteiger partial charge in [-0.15, -0.1) is 0 Å². The van der Waals surface area contributed by atoms with Gasteiger partial charge in [0.05, 0.1) is 0 Å². The maximum atomic E-state index is 3.63. The molecule has 1 fully saturated rings. The quantitative estimate of drug-likeness (QED) is 0.713. The van der Waals surface area contributed by atoms with E-state index in [1.165, 1.54) is 45.1 Å². The lowest BCUT2D eigenvalue weighted by atomic mass is 9.76. The van der Waals surface area contributed by atoms with Crippen molar-refractivity contribution < 1.29 is 0 Å². The molecular formula is C16H33N. The highest BCUT2D eigenvalue weighted by molar-refractivity contribution is 4.79. The molecular weight excluding hydrogens is 206 g/mol. The molecule has 0 aromatic heterocycles. The van der Waals surface area contributed by atoms with Crippen LogP contribution in [0.2, 0.25) is 0 Å². The highest BCUT2D eigenvalue weighted by atomic mass is 14.9. The molecule has 1 heteroatoms. The average molecular weight is 239 g/mol. The molecule has 0 aromatic rings. The van der Waals surface area contributed by atoms with E-state index in [-0.39, 0.29) is 0 Å². The van der Waals surface area contributed by atoms with Gasteiger partial charge in [-0.1, -0.05) is 66.7 Å². The minimum atomic E-state index is 0.445. The lowest BCUT2D eigenvalue weighted by molar-refractivity contribution is 0.201. The predicted molar refractivity (Wildman–Crippen MR) is 77.3 cm³/mol. The minimum Gasteiger partial charge on any atom is -0.314 e. The van der Waals surface area contributed by atoms with Gasteiger partial charge in [-0.05, 0) is 30.2 Å². The highest BCUT2D eigenvalue weighted by Gasteiger charge is 2.26. The molecule has 0 heterocycles. The minimum absolute atomic E-state index is 0.445. The number of hydrogen-bond donors (Lipinski definition) is 1. The van der Waals surface area contributed by atoms with E-state index in [4.69, 9.17) is 0 Å². The summed E-state index contributed by atoms with van der Waals surface area (Å²) in [5, 5.41) is 3.63. The first-order valence-electron chi connectivity index (χ1n) is 7.63. The molecule has 1 saturated carbocycles. The zero-order chi connectivity index (χ0) is 12.9. The van der Waals surface area contributed by atoms with Crippen molar-refractivity contribution in [3.63, 3.8) is 0 Å². The van der Waals surface area contributed by atoms with Crippen molar-refractivity contribution in [2.24, 2.45) is 17.3 Å². The van der Waals surface area contributed by atoms with Crippen LogP contribution in [0.15, 0.2) is 0 Å². The number of rotatable bonds is 6. The van der Waals surface area contributed by atoms with Gasteiger partial charge in [0.15, 0.2) is 0 Å². The zero-order valence-electron chi connectivity index (χ0n) is 12.7. The monoisotopic (exact) mass is 239 g/mol. The van der Waals surface area contributed by atoms with E-state index < -0.39 is 0 Å². The molecule has 1 unspecified atom stereocenters. The molecule has 0 spiro atoms. The van der Waals surface area contributed by atoms with E-state index in [2.05, 4.69) is 39.9 Å². The zero-order valence-corrected chi connectivity index (χ0v) is 12.7. The van der Waals surface area contributed by atoms with Gasteiger partial charge in [-0.3, -0.25) is 0 Å². The normalized spacial score (nSPS) is 20.1. The maximum Gasteiger partial charge on any atom is 0.00104 e. The molecule has 0 radical (unpaired) electrons. The van der Waals surface area contributed by atoms with E-state index in [1.807, 2.05) is 0 Å². The summed E-state index contributed by atoms with van der Waals surface area (Å²) in [4.78, 5) is 0. The molecule has 1 atom stereocenters. The molecule has 0 aromatic carbocycles. The molecule has 0 aliphatic heterocycles. The first kappa shape index (κ1) is 15.0. The van der Waals surface area contributed by atoms with Crippen LogP contribution in [0, 0.1) is 17.3 Å². The fourth-order valence-electron chi connectivity index (χ4n) is 2.96. The van der Waals surface area contributed by atoms with Crippen LogP contribution in [-0.2, 0) is 0 Å². The molecule has 17 heavy (non-hydrogen) atoms. The Morgan fingerprint density at radius 3 is 2.18 bits per heavy atom. The largest absolute Gasteiger partial charge is 0.314 e. The van der Waals surface area contributed by atoms with E-state index in [0.29, 0.717) is 11.5 Å². The highest BCUT2D eigenvalue weighted by Crippen LogP contribution is 2.34. The second-order valence-electron chi connectivity index (χ2n) is 7.35. The van der Waals surface area contributed by atoms with Gasteiger partial charge in [0.1, 0.15) is 0 Å². The summed E-state index contributed by atoms with van der Waals surface area (Å²) in [7, 11) is 0. The van der Waals surface area contributed by atoms with Crippen LogP contribution in [0.5, 0.6) is 0 Å². The topological polar surface area (TPSA) is 12.0 Å². The Kier molecular flexibility index (Phi) is 5.99. The average Bonchev–Trinajstić information content (AvgIpc) is 2.67. The van der Waals surface area contributed by atoms with Crippen molar-refractivity contribution in [3.05, 3.63) is 0 Å². The van der Waals surface area contributed by atoms with Crippen molar-refractivity contribution in [2.45, 2.75) is 79.2 Å². The fraction of sp³-hybridized carbons (Fsp3) is 1.00. The molecule has 0 bridgehead atoms. The second-order valence-corrected chi connectivity index (χ2v) is 7.35. The summed E-state index contributed by atoms with van der Waals surface area (Å²) in [6.45, 7) is 12.9. The Morgan fingerprint density at radius 1 is 1.12 bits per heavy atom. The van der Waals surface area contributed by atoms with Gasteiger partial charge in [-0.25, -0.2) is 0 Å². The Balaban J connectivity index is 2.34. The van der Waals surface area contributed by atoms with Gasteiger partial charge in [0.2, 0.25) is 0 Å². The Hall–Kier alpha value is -0.0400. The first-order chi connectivity index (χ1) is 7.89. The second kappa shape index (κ2) is 6.78.